The summed E-state index contributed by atoms with van der Waals surface area (Å²) in [6.07, 6.45) is 6.19. The number of carbonyl (C=O) groups is 2. The molecule has 0 spiro atoms. The van der Waals surface area contributed by atoms with E-state index < -0.39 is 5.97 Å². The number of hydrogen-bond donors (Lipinski definition) is 3. The fourth-order valence-electron chi connectivity index (χ4n) is 3.77. The lowest BCUT2D eigenvalue weighted by Gasteiger charge is -2.42. The number of nitrogens with zero attached hydrogens (tertiary/aromatic N) is 2. The number of piperidine rings is 1. The SMILES string of the molecule is CCCCN1CCC(NC(=O)NC2CC(N(CC)CC(=O)O)C2)CC1. The summed E-state index contributed by atoms with van der Waals surface area (Å²) in [5.74, 6) is -0.790. The minimum absolute atomic E-state index is 0.0725. The molecule has 3 N–H and O–H groups in total. The van der Waals surface area contributed by atoms with Gasteiger partial charge in [0.25, 0.3) is 0 Å². The van der Waals surface area contributed by atoms with E-state index >= 15 is 0 Å². The molecule has 1 aliphatic carbocycles. The molecule has 2 rings (SSSR count). The molecule has 7 nitrogen and oxygen atoms in total. The number of carboxylic acid groups (broad SMARTS) is 1. The van der Waals surface area contributed by atoms with Crippen LogP contribution in [0.25, 0.3) is 0 Å². The summed E-state index contributed by atoms with van der Waals surface area (Å²) in [6.45, 7) is 8.30. The zero-order chi connectivity index (χ0) is 18.2. The van der Waals surface area contributed by atoms with Crippen LogP contribution in [0.2, 0.25) is 0 Å². The van der Waals surface area contributed by atoms with Crippen LogP contribution < -0.4 is 10.6 Å². The average molecular weight is 354 g/mol. The van der Waals surface area contributed by atoms with Gasteiger partial charge in [-0.2, -0.15) is 0 Å². The second-order valence-electron chi connectivity index (χ2n) is 7.37. The summed E-state index contributed by atoms with van der Waals surface area (Å²) < 4.78 is 0. The lowest BCUT2D eigenvalue weighted by Crippen LogP contribution is -2.57. The fraction of sp³-hybridized carbons (Fsp3) is 0.889. The number of urea groups is 1. The molecule has 7 heteroatoms. The van der Waals surface area contributed by atoms with Crippen molar-refractivity contribution in [3.8, 4) is 0 Å². The van der Waals surface area contributed by atoms with Crippen molar-refractivity contribution >= 4 is 12.0 Å². The monoisotopic (exact) mass is 354 g/mol. The number of amides is 2. The molecule has 0 aromatic heterocycles. The van der Waals surface area contributed by atoms with Gasteiger partial charge >= 0.3 is 12.0 Å². The highest BCUT2D eigenvalue weighted by atomic mass is 16.4. The van der Waals surface area contributed by atoms with Gasteiger partial charge in [-0.15, -0.1) is 0 Å². The molecule has 0 aromatic rings. The molecule has 0 unspecified atom stereocenters. The first-order valence-electron chi connectivity index (χ1n) is 9.77. The van der Waals surface area contributed by atoms with Gasteiger partial charge in [0.05, 0.1) is 6.54 Å². The van der Waals surface area contributed by atoms with Crippen LogP contribution in [0.15, 0.2) is 0 Å². The Kier molecular flexibility index (Phi) is 7.96. The fourth-order valence-corrected chi connectivity index (χ4v) is 3.77. The lowest BCUT2D eigenvalue weighted by atomic mass is 9.85. The Morgan fingerprint density at radius 1 is 1.12 bits per heavy atom. The van der Waals surface area contributed by atoms with Gasteiger partial charge in [-0.25, -0.2) is 4.79 Å². The van der Waals surface area contributed by atoms with Crippen LogP contribution in [0.5, 0.6) is 0 Å². The Balaban J connectivity index is 1.60. The van der Waals surface area contributed by atoms with E-state index in [1.165, 1.54) is 19.4 Å². The van der Waals surface area contributed by atoms with Crippen LogP contribution in [0, 0.1) is 0 Å². The van der Waals surface area contributed by atoms with Gasteiger partial charge in [-0.1, -0.05) is 20.3 Å². The smallest absolute Gasteiger partial charge is 0.317 e. The largest absolute Gasteiger partial charge is 0.480 e. The number of aliphatic carboxylic acids is 1. The van der Waals surface area contributed by atoms with Gasteiger partial charge in [-0.05, 0) is 45.2 Å². The highest BCUT2D eigenvalue weighted by Crippen LogP contribution is 2.25. The van der Waals surface area contributed by atoms with E-state index in [9.17, 15) is 9.59 Å². The molecule has 2 aliphatic rings. The summed E-state index contributed by atoms with van der Waals surface area (Å²) in [7, 11) is 0. The maximum absolute atomic E-state index is 12.1. The molecule has 1 heterocycles. The quantitative estimate of drug-likeness (QED) is 0.584. The van der Waals surface area contributed by atoms with Gasteiger partial charge < -0.3 is 20.6 Å². The van der Waals surface area contributed by atoms with Crippen LogP contribution >= 0.6 is 0 Å². The molecular weight excluding hydrogens is 320 g/mol. The second kappa shape index (κ2) is 9.97. The van der Waals surface area contributed by atoms with Gasteiger partial charge in [0, 0.05) is 31.2 Å². The van der Waals surface area contributed by atoms with Crippen molar-refractivity contribution in [2.24, 2.45) is 0 Å². The van der Waals surface area contributed by atoms with Crippen molar-refractivity contribution in [2.75, 3.05) is 32.7 Å². The van der Waals surface area contributed by atoms with Crippen molar-refractivity contribution in [2.45, 2.75) is 70.5 Å². The van der Waals surface area contributed by atoms with E-state index in [-0.39, 0.29) is 30.7 Å². The second-order valence-corrected chi connectivity index (χ2v) is 7.37. The molecule has 25 heavy (non-hydrogen) atoms. The molecule has 0 atom stereocenters. The number of carbonyl (C=O) groups excluding carboxylic acids is 1. The molecule has 2 amide bonds. The first-order valence-corrected chi connectivity index (χ1v) is 9.77. The van der Waals surface area contributed by atoms with Crippen LogP contribution in [0.4, 0.5) is 4.79 Å². The zero-order valence-electron chi connectivity index (χ0n) is 15.7. The number of nitrogens with one attached hydrogen (secondary N) is 2. The van der Waals surface area contributed by atoms with Gasteiger partial charge in [0.2, 0.25) is 0 Å². The minimum atomic E-state index is -0.790. The number of carboxylic acids is 1. The van der Waals surface area contributed by atoms with Crippen LogP contribution in [0.1, 0.15) is 52.4 Å². The number of rotatable bonds is 9. The molecule has 1 saturated heterocycles. The number of likely N-dealkylation sites (tertiary alicyclic amines) is 1. The zero-order valence-corrected chi connectivity index (χ0v) is 15.7. The van der Waals surface area contributed by atoms with Crippen LogP contribution in [0.3, 0.4) is 0 Å². The standard InChI is InChI=1S/C18H34N4O3/c1-3-5-8-21-9-6-14(7-10-21)19-18(25)20-15-11-16(12-15)22(4-2)13-17(23)24/h14-16H,3-13H2,1-2H3,(H,23,24)(H2,19,20,25). The lowest BCUT2D eigenvalue weighted by molar-refractivity contribution is -0.139. The third-order valence-electron chi connectivity index (χ3n) is 5.46. The van der Waals surface area contributed by atoms with Gasteiger partial charge in [0.15, 0.2) is 0 Å². The molecule has 144 valence electrons. The Hall–Kier alpha value is -1.34. The summed E-state index contributed by atoms with van der Waals surface area (Å²) >= 11 is 0. The summed E-state index contributed by atoms with van der Waals surface area (Å²) in [4.78, 5) is 27.4. The Bertz CT molecular complexity index is 432. The Morgan fingerprint density at radius 3 is 2.32 bits per heavy atom. The molecular formula is C18H34N4O3. The maximum Gasteiger partial charge on any atom is 0.317 e. The van der Waals surface area contributed by atoms with Crippen molar-refractivity contribution < 1.29 is 14.7 Å². The van der Waals surface area contributed by atoms with E-state index in [0.29, 0.717) is 0 Å². The molecule has 0 radical (unpaired) electrons. The predicted octanol–water partition coefficient (Wildman–Crippen LogP) is 1.49. The van der Waals surface area contributed by atoms with Crippen LogP contribution in [-0.2, 0) is 4.79 Å². The highest BCUT2D eigenvalue weighted by Gasteiger charge is 2.35. The number of likely N-dealkylation sites (N-methyl/N-ethyl adjacent to an activating group) is 1. The minimum Gasteiger partial charge on any atom is -0.480 e. The van der Waals surface area contributed by atoms with Gasteiger partial charge in [-0.3, -0.25) is 9.69 Å². The van der Waals surface area contributed by atoms with Crippen molar-refractivity contribution in [3.05, 3.63) is 0 Å². The number of hydrogen-bond acceptors (Lipinski definition) is 4. The third kappa shape index (κ3) is 6.47. The topological polar surface area (TPSA) is 84.9 Å². The predicted molar refractivity (Wildman–Crippen MR) is 97.7 cm³/mol. The third-order valence-corrected chi connectivity index (χ3v) is 5.46. The molecule has 0 aromatic carbocycles. The summed E-state index contributed by atoms with van der Waals surface area (Å²) in [5.41, 5.74) is 0. The molecule has 1 saturated carbocycles. The maximum atomic E-state index is 12.1. The summed E-state index contributed by atoms with van der Waals surface area (Å²) in [6, 6.07) is 0.635. The normalized spacial score (nSPS) is 24.8. The first kappa shape index (κ1) is 20.0. The van der Waals surface area contributed by atoms with E-state index in [1.54, 1.807) is 0 Å². The highest BCUT2D eigenvalue weighted by molar-refractivity contribution is 5.74. The molecule has 1 aliphatic heterocycles. The Labute approximate surface area is 151 Å². The average Bonchev–Trinajstić information content (AvgIpc) is 2.55. The van der Waals surface area contributed by atoms with Crippen LogP contribution in [-0.4, -0.2) is 77.8 Å². The van der Waals surface area contributed by atoms with Crippen molar-refractivity contribution in [3.63, 3.8) is 0 Å². The van der Waals surface area contributed by atoms with Gasteiger partial charge in [0.1, 0.15) is 0 Å². The number of unbranched alkanes of at least 4 members (excludes halogenated alkanes) is 1. The van der Waals surface area contributed by atoms with E-state index in [4.69, 9.17) is 5.11 Å². The van der Waals surface area contributed by atoms with E-state index in [0.717, 1.165) is 45.3 Å². The molecule has 0 bridgehead atoms. The Morgan fingerprint density at radius 2 is 1.76 bits per heavy atom. The first-order chi connectivity index (χ1) is 12.0. The van der Waals surface area contributed by atoms with Crippen molar-refractivity contribution in [1.82, 2.24) is 20.4 Å². The van der Waals surface area contributed by atoms with E-state index in [1.807, 2.05) is 11.8 Å². The summed E-state index contributed by atoms with van der Waals surface area (Å²) in [5, 5.41) is 15.1. The molecule has 2 fully saturated rings. The van der Waals surface area contributed by atoms with Crippen molar-refractivity contribution in [1.29, 1.82) is 0 Å². The van der Waals surface area contributed by atoms with E-state index in [2.05, 4.69) is 22.5 Å².